The standard InChI is InChI=1S/C22H34BNO5.C19H29BrN2O2.C17H25BrN2O2.C8H15NO/c1-8-24(17-9-11-27-12-10-17)19-14-16(13-18(15(19)2)20(25)26-7)23-28-21(3,4)22(5,6)29-23;1-6-22(16-9-7-15(8-10-16)21(3)4)18-12-14(20)11-17(13(18)2)19(23)24-5;1-11-15(17(21)22-4)9-12(18)10-16(11)19-13-5-7-14(8-6-13)20(2)3;1-9(2)7-3-5-8(10)6-4-7/h13-14,17H,8-12H2,1-7H3;11-12,15-16H,6-10H2,1-5H3;9-10,13-14,19H,5-8H2,1-4H3;7H,3-6H2,1-2H3. The zero-order valence-corrected chi connectivity index (χ0v) is 58.0. The van der Waals surface area contributed by atoms with Gasteiger partial charge in [0, 0.05) is 101 Å². The van der Waals surface area contributed by atoms with E-state index in [9.17, 15) is 19.2 Å². The fourth-order valence-corrected chi connectivity index (χ4v) is 13.3. The molecule has 0 spiro atoms. The van der Waals surface area contributed by atoms with Gasteiger partial charge in [-0.15, -0.1) is 0 Å². The van der Waals surface area contributed by atoms with E-state index in [2.05, 4.69) is 130 Å². The average Bonchev–Trinajstić information content (AvgIpc) is 3.62. The Balaban J connectivity index is 0.000000217. The van der Waals surface area contributed by atoms with Crippen molar-refractivity contribution in [2.75, 3.05) is 105 Å². The largest absolute Gasteiger partial charge is 0.494 e. The van der Waals surface area contributed by atoms with Crippen LogP contribution in [0.1, 0.15) is 179 Å². The summed E-state index contributed by atoms with van der Waals surface area (Å²) in [5.74, 6) is -0.469. The van der Waals surface area contributed by atoms with Crippen LogP contribution in [0.4, 0.5) is 17.1 Å². The Labute approximate surface area is 527 Å². The number of hydrogen-bond acceptors (Lipinski definition) is 16. The van der Waals surface area contributed by atoms with Crippen molar-refractivity contribution in [3.8, 4) is 0 Å². The molecule has 0 radical (unpaired) electrons. The highest BCUT2D eigenvalue weighted by Crippen LogP contribution is 2.39. The lowest BCUT2D eigenvalue weighted by molar-refractivity contribution is -0.121. The van der Waals surface area contributed by atoms with Gasteiger partial charge in [-0.25, -0.2) is 14.4 Å². The third-order valence-electron chi connectivity index (χ3n) is 18.7. The van der Waals surface area contributed by atoms with E-state index in [4.69, 9.17) is 28.3 Å². The lowest BCUT2D eigenvalue weighted by atomic mass is 9.77. The summed E-state index contributed by atoms with van der Waals surface area (Å²) in [5, 5.41) is 3.61. The minimum atomic E-state index is -0.531. The normalized spacial score (nSPS) is 21.4. The molecule has 2 saturated heterocycles. The van der Waals surface area contributed by atoms with Crippen LogP contribution in [0.25, 0.3) is 0 Å². The van der Waals surface area contributed by atoms with Gasteiger partial charge >= 0.3 is 25.0 Å². The maximum Gasteiger partial charge on any atom is 0.494 e. The molecule has 0 unspecified atom stereocenters. The second kappa shape index (κ2) is 32.9. The molecule has 1 N–H and O–H groups in total. The Hall–Kier alpha value is -4.08. The monoisotopic (exact) mass is 1310 g/mol. The number of nitrogens with zero attached hydrogens (tertiary/aromatic N) is 5. The molecule has 2 aliphatic heterocycles. The number of ether oxygens (including phenoxy) is 4. The first-order chi connectivity index (χ1) is 40.1. The molecule has 2 heterocycles. The quantitative estimate of drug-likeness (QED) is 0.0872. The Morgan fingerprint density at radius 1 is 0.541 bits per heavy atom. The number of anilines is 3. The van der Waals surface area contributed by atoms with Gasteiger partial charge in [0.2, 0.25) is 0 Å². The number of carbonyl (C=O) groups excluding carboxylic acids is 4. The zero-order valence-electron chi connectivity index (χ0n) is 54.8. The van der Waals surface area contributed by atoms with Gasteiger partial charge in [-0.1, -0.05) is 31.9 Å². The van der Waals surface area contributed by atoms with Crippen molar-refractivity contribution < 1.29 is 47.4 Å². The molecule has 85 heavy (non-hydrogen) atoms. The molecule has 3 aromatic rings. The molecule has 0 amide bonds. The number of methoxy groups -OCH3 is 3. The van der Waals surface area contributed by atoms with Gasteiger partial charge in [0.25, 0.3) is 0 Å². The van der Waals surface area contributed by atoms with Gasteiger partial charge < -0.3 is 58.1 Å². The Kier molecular flexibility index (Phi) is 27.8. The molecule has 0 atom stereocenters. The number of halogens is 2. The van der Waals surface area contributed by atoms with Crippen LogP contribution in [0.5, 0.6) is 0 Å². The van der Waals surface area contributed by atoms with Crippen molar-refractivity contribution >= 4 is 85.2 Å². The molecule has 19 heteroatoms. The highest BCUT2D eigenvalue weighted by molar-refractivity contribution is 9.10. The van der Waals surface area contributed by atoms with Crippen LogP contribution in [0, 0.1) is 20.8 Å². The molecular formula is C66H103BBr2N6O10. The predicted molar refractivity (Wildman–Crippen MR) is 353 cm³/mol. The van der Waals surface area contributed by atoms with Crippen LogP contribution in [-0.2, 0) is 33.1 Å². The van der Waals surface area contributed by atoms with Gasteiger partial charge in [0.15, 0.2) is 0 Å². The molecular weight excluding hydrogens is 1210 g/mol. The smallest absolute Gasteiger partial charge is 0.465 e. The van der Waals surface area contributed by atoms with Crippen molar-refractivity contribution in [1.29, 1.82) is 0 Å². The highest BCUT2D eigenvalue weighted by Gasteiger charge is 2.52. The third kappa shape index (κ3) is 19.2. The van der Waals surface area contributed by atoms with Crippen LogP contribution < -0.4 is 20.6 Å². The number of esters is 3. The number of carbonyl (C=O) groups is 4. The first kappa shape index (κ1) is 71.7. The number of ketones is 1. The topological polar surface area (TPSA) is 152 Å². The summed E-state index contributed by atoms with van der Waals surface area (Å²) in [6.45, 7) is 21.7. The molecule has 0 aromatic heterocycles. The fourth-order valence-electron chi connectivity index (χ4n) is 12.4. The van der Waals surface area contributed by atoms with Gasteiger partial charge in [-0.3, -0.25) is 4.79 Å². The zero-order chi connectivity index (χ0) is 63.1. The van der Waals surface area contributed by atoms with E-state index in [0.29, 0.717) is 58.7 Å². The average molecular weight is 1310 g/mol. The van der Waals surface area contributed by atoms with Crippen molar-refractivity contribution in [3.05, 3.63) is 78.7 Å². The summed E-state index contributed by atoms with van der Waals surface area (Å²) >= 11 is 7.04. The molecule has 3 saturated carbocycles. The molecule has 8 rings (SSSR count). The lowest BCUT2D eigenvalue weighted by Gasteiger charge is -2.40. The first-order valence-corrected chi connectivity index (χ1v) is 32.4. The van der Waals surface area contributed by atoms with Crippen molar-refractivity contribution in [1.82, 2.24) is 14.7 Å². The summed E-state index contributed by atoms with van der Waals surface area (Å²) in [5.41, 5.74) is 7.82. The highest BCUT2D eigenvalue weighted by atomic mass is 79.9. The number of rotatable bonds is 15. The fraction of sp³-hybridized carbons (Fsp3) is 0.667. The van der Waals surface area contributed by atoms with Gasteiger partial charge in [0.1, 0.15) is 5.78 Å². The van der Waals surface area contributed by atoms with Crippen LogP contribution >= 0.6 is 31.9 Å². The van der Waals surface area contributed by atoms with E-state index in [1.54, 1.807) is 0 Å². The Bertz CT molecular complexity index is 2660. The number of Topliss-reactive ketones (excluding diaryl/α,β-unsaturated/α-hetero) is 1. The Morgan fingerprint density at radius 3 is 1.35 bits per heavy atom. The van der Waals surface area contributed by atoms with E-state index >= 15 is 0 Å². The van der Waals surface area contributed by atoms with Crippen molar-refractivity contribution in [2.24, 2.45) is 0 Å². The van der Waals surface area contributed by atoms with E-state index in [1.807, 2.05) is 72.7 Å². The third-order valence-corrected chi connectivity index (χ3v) is 19.6. The van der Waals surface area contributed by atoms with E-state index in [0.717, 1.165) is 126 Å². The molecule has 3 aliphatic carbocycles. The van der Waals surface area contributed by atoms with Gasteiger partial charge in [-0.2, -0.15) is 0 Å². The minimum Gasteiger partial charge on any atom is -0.465 e. The first-order valence-electron chi connectivity index (χ1n) is 30.9. The van der Waals surface area contributed by atoms with E-state index in [-0.39, 0.29) is 17.9 Å². The molecule has 16 nitrogen and oxygen atoms in total. The maximum atomic E-state index is 12.6. The Morgan fingerprint density at radius 2 is 0.918 bits per heavy atom. The molecule has 0 bridgehead atoms. The molecule has 474 valence electrons. The summed E-state index contributed by atoms with van der Waals surface area (Å²) in [4.78, 5) is 59.0. The number of benzene rings is 3. The summed E-state index contributed by atoms with van der Waals surface area (Å²) in [6, 6.07) is 15.2. The van der Waals surface area contributed by atoms with Crippen LogP contribution in [-0.4, -0.2) is 183 Å². The minimum absolute atomic E-state index is 0.276. The summed E-state index contributed by atoms with van der Waals surface area (Å²) in [7, 11) is 16.5. The van der Waals surface area contributed by atoms with Crippen LogP contribution in [0.2, 0.25) is 0 Å². The number of nitrogens with one attached hydrogen (secondary N) is 1. The predicted octanol–water partition coefficient (Wildman–Crippen LogP) is 12.2. The van der Waals surface area contributed by atoms with Crippen molar-refractivity contribution in [3.63, 3.8) is 0 Å². The van der Waals surface area contributed by atoms with Crippen molar-refractivity contribution in [2.45, 2.75) is 200 Å². The lowest BCUT2D eigenvalue weighted by Crippen LogP contribution is -2.42. The number of hydrogen-bond donors (Lipinski definition) is 1. The summed E-state index contributed by atoms with van der Waals surface area (Å²) < 4.78 is 34.8. The maximum absolute atomic E-state index is 12.6. The molecule has 5 fully saturated rings. The summed E-state index contributed by atoms with van der Waals surface area (Å²) in [6.07, 6.45) is 15.2. The van der Waals surface area contributed by atoms with Crippen LogP contribution in [0.3, 0.4) is 0 Å². The second-order valence-corrected chi connectivity index (χ2v) is 27.0. The molecule has 5 aliphatic rings. The SMILES string of the molecule is CCN(c1cc(B2OC(C)(C)C(C)(C)O2)cc(C(=O)OC)c1C)C1CCOCC1.CCN(c1cc(Br)cc(C(=O)OC)c1C)C1CCC(N(C)C)CC1.CN(C)C1CCC(=O)CC1.COC(=O)c1cc(Br)cc(NC2CCC(N(C)C)CC2)c1C. The van der Waals surface area contributed by atoms with E-state index < -0.39 is 18.3 Å². The molecule has 3 aromatic carbocycles. The van der Waals surface area contributed by atoms with Crippen LogP contribution in [0.15, 0.2) is 45.3 Å². The van der Waals surface area contributed by atoms with E-state index in [1.165, 1.54) is 59.9 Å². The van der Waals surface area contributed by atoms with Gasteiger partial charge in [-0.05, 0) is 240 Å². The second-order valence-electron chi connectivity index (χ2n) is 25.2. The van der Waals surface area contributed by atoms with Gasteiger partial charge in [0.05, 0.1) is 49.2 Å².